The summed E-state index contributed by atoms with van der Waals surface area (Å²) in [5.41, 5.74) is 0. The van der Waals surface area contributed by atoms with Crippen LogP contribution < -0.4 is 0 Å². The molecule has 0 fully saturated rings. The van der Waals surface area contributed by atoms with Gasteiger partial charge in [0.1, 0.15) is 0 Å². The lowest BCUT2D eigenvalue weighted by Gasteiger charge is -1.57. The average Bonchev–Trinajstić information content (AvgIpc) is 1.37. The first-order chi connectivity index (χ1) is 1.91. The highest BCUT2D eigenvalue weighted by Crippen LogP contribution is 1.61. The summed E-state index contributed by atoms with van der Waals surface area (Å²) in [6.45, 7) is 3.51. The number of hydrogen-bond acceptors (Lipinski definition) is 0. The summed E-state index contributed by atoms with van der Waals surface area (Å²) in [5, 5.41) is 0. The Kier molecular flexibility index (Phi) is 2.93. The van der Waals surface area contributed by atoms with Crippen LogP contribution in [0.15, 0.2) is 12.7 Å². The second kappa shape index (κ2) is 2.96. The van der Waals surface area contributed by atoms with Crippen LogP contribution in [0.2, 0.25) is 6.04 Å². The van der Waals surface area contributed by atoms with Gasteiger partial charge in [-0.3, -0.25) is 0 Å². The van der Waals surface area contributed by atoms with E-state index >= 15 is 0 Å². The van der Waals surface area contributed by atoms with Crippen LogP contribution in [0.3, 0.4) is 0 Å². The van der Waals surface area contributed by atoms with Crippen molar-refractivity contribution in [1.29, 1.82) is 0 Å². The fourth-order valence-electron chi connectivity index (χ4n) is 0. The first kappa shape index (κ1) is 3.96. The number of hydrogen-bond donors (Lipinski definition) is 0. The van der Waals surface area contributed by atoms with Crippen LogP contribution in [0, 0.1) is 0 Å². The maximum absolute atomic E-state index is 3.51. The Morgan fingerprint density at radius 3 is 2.25 bits per heavy atom. The van der Waals surface area contributed by atoms with Crippen molar-refractivity contribution in [3.8, 4) is 0 Å². The van der Waals surface area contributed by atoms with Gasteiger partial charge in [-0.2, -0.15) is 0 Å². The molecule has 0 nitrogen and oxygen atoms in total. The van der Waals surface area contributed by atoms with Crippen molar-refractivity contribution < 1.29 is 0 Å². The zero-order valence-electron chi connectivity index (χ0n) is 2.99. The van der Waals surface area contributed by atoms with Crippen molar-refractivity contribution in [2.45, 2.75) is 6.04 Å². The minimum absolute atomic E-state index is 1.22. The van der Waals surface area contributed by atoms with E-state index in [4.69, 9.17) is 0 Å². The van der Waals surface area contributed by atoms with Gasteiger partial charge in [0.25, 0.3) is 0 Å². The Hall–Kier alpha value is -0.0431. The highest BCUT2D eigenvalue weighted by atomic mass is 28.1. The zero-order chi connectivity index (χ0) is 3.41. The van der Waals surface area contributed by atoms with Gasteiger partial charge in [0.05, 0.1) is 0 Å². The number of allylic oxidation sites excluding steroid dienone is 1. The minimum Gasteiger partial charge on any atom is -0.103 e. The van der Waals surface area contributed by atoms with Crippen molar-refractivity contribution >= 4 is 10.2 Å². The molecule has 0 aromatic heterocycles. The van der Waals surface area contributed by atoms with Gasteiger partial charge in [0.2, 0.25) is 0 Å². The van der Waals surface area contributed by atoms with E-state index in [0.29, 0.717) is 0 Å². The van der Waals surface area contributed by atoms with Crippen LogP contribution in [0.25, 0.3) is 0 Å². The molecule has 24 valence electrons. The van der Waals surface area contributed by atoms with E-state index in [1.54, 1.807) is 0 Å². The summed E-state index contributed by atoms with van der Waals surface area (Å²) >= 11 is 0. The predicted octanol–water partition coefficient (Wildman–Crippen LogP) is -0.0439. The van der Waals surface area contributed by atoms with Crippen LogP contribution in [0.5, 0.6) is 0 Å². The first-order valence-corrected chi connectivity index (χ1v) is 2.94. The molecular weight excluding hydrogens is 64.1 g/mol. The lowest BCUT2D eigenvalue weighted by Crippen LogP contribution is -1.47. The standard InChI is InChI=1S/C3H8Si/c1-2-3-4/h2H,1,3H2,4H3. The molecule has 0 spiro atoms. The molecule has 0 amide bonds. The molecule has 0 aromatic carbocycles. The van der Waals surface area contributed by atoms with Crippen molar-refractivity contribution in [2.24, 2.45) is 0 Å². The van der Waals surface area contributed by atoms with Crippen LogP contribution in [-0.4, -0.2) is 10.2 Å². The largest absolute Gasteiger partial charge is 0.103 e. The highest BCUT2D eigenvalue weighted by Gasteiger charge is 1.46. The zero-order valence-corrected chi connectivity index (χ0v) is 4.99. The van der Waals surface area contributed by atoms with Gasteiger partial charge in [-0.05, 0) is 6.04 Å². The van der Waals surface area contributed by atoms with Gasteiger partial charge in [-0.1, -0.05) is 6.08 Å². The van der Waals surface area contributed by atoms with Crippen molar-refractivity contribution in [1.82, 2.24) is 0 Å². The minimum atomic E-state index is 1.22. The van der Waals surface area contributed by atoms with Gasteiger partial charge in [0.15, 0.2) is 0 Å². The van der Waals surface area contributed by atoms with Crippen molar-refractivity contribution in [2.75, 3.05) is 0 Å². The molecule has 0 atom stereocenters. The third kappa shape index (κ3) is 1.96. The average molecular weight is 72.2 g/mol. The Bertz CT molecular complexity index is 17.2. The van der Waals surface area contributed by atoms with Gasteiger partial charge in [-0.15, -0.1) is 6.58 Å². The third-order valence-corrected chi connectivity index (χ3v) is 0.866. The Labute approximate surface area is 30.0 Å². The molecule has 0 aliphatic carbocycles. The van der Waals surface area contributed by atoms with E-state index in [2.05, 4.69) is 6.58 Å². The molecule has 0 aliphatic heterocycles. The lowest BCUT2D eigenvalue weighted by molar-refractivity contribution is 1.76. The van der Waals surface area contributed by atoms with E-state index in [0.717, 1.165) is 0 Å². The topological polar surface area (TPSA) is 0 Å². The molecule has 4 heavy (non-hydrogen) atoms. The Morgan fingerprint density at radius 2 is 2.25 bits per heavy atom. The van der Waals surface area contributed by atoms with Crippen molar-refractivity contribution in [3.63, 3.8) is 0 Å². The lowest BCUT2D eigenvalue weighted by atomic mass is 10.8. The summed E-state index contributed by atoms with van der Waals surface area (Å²) in [5.74, 6) is 0. The summed E-state index contributed by atoms with van der Waals surface area (Å²) in [6, 6.07) is 1.22. The monoisotopic (exact) mass is 72.0 g/mol. The summed E-state index contributed by atoms with van der Waals surface area (Å²) in [4.78, 5) is 0. The van der Waals surface area contributed by atoms with E-state index in [1.165, 1.54) is 16.3 Å². The summed E-state index contributed by atoms with van der Waals surface area (Å²) in [6.07, 6.45) is 1.94. The molecule has 0 radical (unpaired) electrons. The Morgan fingerprint density at radius 1 is 2.00 bits per heavy atom. The second-order valence-corrected chi connectivity index (χ2v) is 1.51. The quantitative estimate of drug-likeness (QED) is 0.301. The van der Waals surface area contributed by atoms with Crippen LogP contribution in [-0.2, 0) is 0 Å². The molecular formula is C3H8Si. The van der Waals surface area contributed by atoms with Gasteiger partial charge in [0, 0.05) is 10.2 Å². The molecule has 0 heterocycles. The molecule has 1 heteroatoms. The summed E-state index contributed by atoms with van der Waals surface area (Å²) in [7, 11) is 1.27. The van der Waals surface area contributed by atoms with E-state index in [1.807, 2.05) is 6.08 Å². The van der Waals surface area contributed by atoms with Crippen LogP contribution in [0.4, 0.5) is 0 Å². The third-order valence-electron chi connectivity index (χ3n) is 0.289. The molecule has 0 saturated heterocycles. The number of rotatable bonds is 1. The van der Waals surface area contributed by atoms with Crippen LogP contribution >= 0.6 is 0 Å². The molecule has 0 unspecified atom stereocenters. The van der Waals surface area contributed by atoms with E-state index in [-0.39, 0.29) is 0 Å². The smallest absolute Gasteiger partial charge is 0.00753 e. The van der Waals surface area contributed by atoms with Crippen LogP contribution in [0.1, 0.15) is 0 Å². The molecule has 0 saturated carbocycles. The normalized spacial score (nSPS) is 7.00. The van der Waals surface area contributed by atoms with Crippen molar-refractivity contribution in [3.05, 3.63) is 12.7 Å². The second-order valence-electron chi connectivity index (χ2n) is 0.697. The van der Waals surface area contributed by atoms with Gasteiger partial charge >= 0.3 is 0 Å². The summed E-state index contributed by atoms with van der Waals surface area (Å²) < 4.78 is 0. The SMILES string of the molecule is C=CC[SiH3]. The molecule has 0 aromatic rings. The Balaban J connectivity index is 2.30. The fraction of sp³-hybridized carbons (Fsp3) is 0.333. The predicted molar refractivity (Wildman–Crippen MR) is 24.9 cm³/mol. The van der Waals surface area contributed by atoms with E-state index < -0.39 is 0 Å². The fourth-order valence-corrected chi connectivity index (χ4v) is 0. The maximum Gasteiger partial charge on any atom is 0.00753 e. The molecule has 0 rings (SSSR count). The maximum atomic E-state index is 3.51. The molecule has 0 bridgehead atoms. The molecule has 0 aliphatic rings. The van der Waals surface area contributed by atoms with Gasteiger partial charge < -0.3 is 0 Å². The van der Waals surface area contributed by atoms with E-state index in [9.17, 15) is 0 Å². The first-order valence-electron chi connectivity index (χ1n) is 1.52. The highest BCUT2D eigenvalue weighted by molar-refractivity contribution is 6.09. The molecule has 0 N–H and O–H groups in total. The van der Waals surface area contributed by atoms with Gasteiger partial charge in [-0.25, -0.2) is 0 Å².